The number of rotatable bonds is 0. The van der Waals surface area contributed by atoms with Gasteiger partial charge in [0.05, 0.1) is 12.5 Å². The van der Waals surface area contributed by atoms with Gasteiger partial charge in [-0.25, -0.2) is 4.99 Å². The van der Waals surface area contributed by atoms with Crippen LogP contribution in [0, 0.1) is 12.0 Å². The van der Waals surface area contributed by atoms with Crippen LogP contribution in [-0.2, 0) is 9.53 Å². The molecule has 1 amide bonds. The van der Waals surface area contributed by atoms with Gasteiger partial charge in [0.25, 0.3) is 5.91 Å². The largest absolute Gasteiger partial charge is 0.450 e. The summed E-state index contributed by atoms with van der Waals surface area (Å²) in [7, 11) is 1.55. The summed E-state index contributed by atoms with van der Waals surface area (Å²) in [6.07, 6.45) is 4.05. The lowest BCUT2D eigenvalue weighted by molar-refractivity contribution is -0.112. The Balaban J connectivity index is 0.000000147. The van der Waals surface area contributed by atoms with Gasteiger partial charge in [0.15, 0.2) is 0 Å². The fraction of sp³-hybridized carbons (Fsp3) is 0.0588. The van der Waals surface area contributed by atoms with Crippen molar-refractivity contribution in [1.29, 1.82) is 0 Å². The fourth-order valence-electron chi connectivity index (χ4n) is 1.63. The second-order valence-electron chi connectivity index (χ2n) is 3.95. The maximum Gasteiger partial charge on any atom is 0.270 e. The predicted molar refractivity (Wildman–Crippen MR) is 77.0 cm³/mol. The van der Waals surface area contributed by atoms with Crippen molar-refractivity contribution >= 4 is 12.0 Å². The van der Waals surface area contributed by atoms with Gasteiger partial charge in [0.2, 0.25) is 0 Å². The van der Waals surface area contributed by atoms with Gasteiger partial charge in [-0.1, -0.05) is 36.4 Å². The molecule has 1 heterocycles. The number of carbonyl (C=O) groups is 1. The Hall–Kier alpha value is -2.86. The Labute approximate surface area is 117 Å². The van der Waals surface area contributed by atoms with Gasteiger partial charge >= 0.3 is 0 Å². The number of fused-ring (bicyclic) bond motifs is 1. The van der Waals surface area contributed by atoms with E-state index in [0.29, 0.717) is 0 Å². The number of nitrogens with zero attached hydrogens (tertiary/aromatic N) is 1. The van der Waals surface area contributed by atoms with E-state index in [1.807, 2.05) is 54.6 Å². The molecule has 98 valence electrons. The zero-order valence-corrected chi connectivity index (χ0v) is 11.0. The van der Waals surface area contributed by atoms with Gasteiger partial charge in [0, 0.05) is 16.9 Å². The highest BCUT2D eigenvalue weighted by Gasteiger charge is 1.99. The van der Waals surface area contributed by atoms with Gasteiger partial charge in [-0.15, -0.1) is 0 Å². The van der Waals surface area contributed by atoms with Crippen LogP contribution in [0.1, 0.15) is 5.56 Å². The molecular formula is C17H13NO2. The molecule has 0 unspecified atom stereocenters. The minimum Gasteiger partial charge on any atom is -0.450 e. The van der Waals surface area contributed by atoms with Gasteiger partial charge in [-0.2, -0.15) is 0 Å². The lowest BCUT2D eigenvalue weighted by Gasteiger charge is -1.84. The van der Waals surface area contributed by atoms with E-state index in [2.05, 4.69) is 21.8 Å². The number of hydrogen-bond donors (Lipinski definition) is 0. The van der Waals surface area contributed by atoms with Crippen LogP contribution in [0.2, 0.25) is 0 Å². The number of para-hydroxylation sites is 1. The number of benzene rings is 2. The lowest BCUT2D eigenvalue weighted by atomic mass is 10.2. The van der Waals surface area contributed by atoms with Gasteiger partial charge < -0.3 is 4.74 Å². The van der Waals surface area contributed by atoms with Crippen molar-refractivity contribution in [3.63, 3.8) is 0 Å². The van der Waals surface area contributed by atoms with E-state index in [9.17, 15) is 4.79 Å². The first-order valence-corrected chi connectivity index (χ1v) is 6.08. The molecule has 2 aromatic rings. The average molecular weight is 263 g/mol. The van der Waals surface area contributed by atoms with Crippen molar-refractivity contribution in [2.45, 2.75) is 0 Å². The summed E-state index contributed by atoms with van der Waals surface area (Å²) in [6, 6.07) is 17.2. The number of hydrogen-bond acceptors (Lipinski definition) is 2. The summed E-state index contributed by atoms with van der Waals surface area (Å²) in [5.74, 6) is 2.67. The zero-order valence-electron chi connectivity index (χ0n) is 11.0. The molecule has 0 saturated heterocycles. The summed E-state index contributed by atoms with van der Waals surface area (Å²) in [5.41, 5.74) is 0.976. The quantitative estimate of drug-likeness (QED) is 0.671. The van der Waals surface area contributed by atoms with E-state index in [1.165, 1.54) is 6.08 Å². The minimum absolute atomic E-state index is 0.152. The monoisotopic (exact) mass is 263 g/mol. The lowest BCUT2D eigenvalue weighted by Crippen LogP contribution is -2.19. The molecule has 0 saturated carbocycles. The molecule has 2 aromatic carbocycles. The number of methoxy groups -OCH3 is 1. The highest BCUT2D eigenvalue weighted by Crippen LogP contribution is 1.94. The fourth-order valence-corrected chi connectivity index (χ4v) is 1.63. The van der Waals surface area contributed by atoms with Crippen molar-refractivity contribution in [3.05, 3.63) is 70.7 Å². The molecule has 0 fully saturated rings. The van der Waals surface area contributed by atoms with Crippen LogP contribution in [0.3, 0.4) is 0 Å². The van der Waals surface area contributed by atoms with Crippen molar-refractivity contribution in [2.24, 2.45) is 4.99 Å². The molecule has 0 N–H and O–H groups in total. The first kappa shape index (κ1) is 13.6. The highest BCUT2D eigenvalue weighted by molar-refractivity contribution is 6.06. The molecule has 3 heteroatoms. The minimum atomic E-state index is -0.152. The predicted octanol–water partition coefficient (Wildman–Crippen LogP) is 1.27. The third-order valence-corrected chi connectivity index (χ3v) is 2.52. The number of ether oxygens (including phenoxy) is 1. The molecule has 0 spiro atoms. The van der Waals surface area contributed by atoms with E-state index in [0.717, 1.165) is 16.1 Å². The van der Waals surface area contributed by atoms with Crippen molar-refractivity contribution in [2.75, 3.05) is 7.11 Å². The van der Waals surface area contributed by atoms with E-state index >= 15 is 0 Å². The molecule has 0 aromatic heterocycles. The Kier molecular flexibility index (Phi) is 4.69. The maximum atomic E-state index is 10.7. The van der Waals surface area contributed by atoms with E-state index < -0.39 is 0 Å². The van der Waals surface area contributed by atoms with Crippen LogP contribution in [-0.4, -0.2) is 13.0 Å². The van der Waals surface area contributed by atoms with Crippen LogP contribution < -0.4 is 10.6 Å². The first-order chi connectivity index (χ1) is 9.79. The topological polar surface area (TPSA) is 38.7 Å². The Morgan fingerprint density at radius 1 is 1.00 bits per heavy atom. The molecule has 1 aliphatic rings. The molecule has 20 heavy (non-hydrogen) atoms. The molecule has 3 nitrogen and oxygen atoms in total. The number of amides is 1. The van der Waals surface area contributed by atoms with Crippen molar-refractivity contribution in [3.8, 4) is 12.0 Å². The maximum absolute atomic E-state index is 10.7. The van der Waals surface area contributed by atoms with Crippen LogP contribution in [0.25, 0.3) is 6.08 Å². The van der Waals surface area contributed by atoms with Gasteiger partial charge in [-0.3, -0.25) is 4.79 Å². The van der Waals surface area contributed by atoms with Gasteiger partial charge in [-0.05, 0) is 24.1 Å². The Bertz CT molecular complexity index is 731. The molecule has 1 aliphatic heterocycles. The summed E-state index contributed by atoms with van der Waals surface area (Å²) in [6.45, 7) is 0. The van der Waals surface area contributed by atoms with Crippen molar-refractivity contribution < 1.29 is 9.53 Å². The van der Waals surface area contributed by atoms with Crippen LogP contribution >= 0.6 is 0 Å². The standard InChI is InChI=1S/C9H8O.C8H5NO/c1-10-8-7-9-5-3-2-4-6-9;10-8-5-6-3-1-2-4-7(6)9-8/h2-6H,1H3;1-5H. The molecule has 0 radical (unpaired) electrons. The third-order valence-electron chi connectivity index (χ3n) is 2.52. The first-order valence-electron chi connectivity index (χ1n) is 6.08. The Morgan fingerprint density at radius 2 is 1.70 bits per heavy atom. The van der Waals surface area contributed by atoms with Crippen LogP contribution in [0.4, 0.5) is 0 Å². The average Bonchev–Trinajstić information content (AvgIpc) is 2.87. The Morgan fingerprint density at radius 3 is 2.40 bits per heavy atom. The normalized spacial score (nSPS) is 10.8. The summed E-state index contributed by atoms with van der Waals surface area (Å²) in [4.78, 5) is 14.4. The van der Waals surface area contributed by atoms with E-state index in [1.54, 1.807) is 7.11 Å². The summed E-state index contributed by atoms with van der Waals surface area (Å²) < 4.78 is 4.58. The second-order valence-corrected chi connectivity index (χ2v) is 3.95. The molecule has 0 atom stereocenters. The number of carbonyl (C=O) groups excluding carboxylic acids is 1. The zero-order chi connectivity index (χ0) is 14.2. The molecule has 0 aliphatic carbocycles. The molecule has 3 rings (SSSR count). The van der Waals surface area contributed by atoms with Crippen LogP contribution in [0.5, 0.6) is 0 Å². The second kappa shape index (κ2) is 6.91. The van der Waals surface area contributed by atoms with Gasteiger partial charge in [0.1, 0.15) is 6.11 Å². The smallest absolute Gasteiger partial charge is 0.270 e. The third kappa shape index (κ3) is 3.82. The molecular weight excluding hydrogens is 250 g/mol. The SMILES string of the molecule is COC#Cc1ccccc1.O=C1C=c2ccccc2=N1. The molecule has 0 bridgehead atoms. The van der Waals surface area contributed by atoms with E-state index in [-0.39, 0.29) is 5.91 Å². The van der Waals surface area contributed by atoms with Crippen LogP contribution in [0.15, 0.2) is 59.6 Å². The summed E-state index contributed by atoms with van der Waals surface area (Å²) >= 11 is 0. The highest BCUT2D eigenvalue weighted by atomic mass is 16.5. The van der Waals surface area contributed by atoms with E-state index in [4.69, 9.17) is 0 Å². The van der Waals surface area contributed by atoms with Crippen molar-refractivity contribution in [1.82, 2.24) is 0 Å². The summed E-state index contributed by atoms with van der Waals surface area (Å²) in [5, 5.41) is 1.71.